The van der Waals surface area contributed by atoms with E-state index in [9.17, 15) is 4.79 Å². The molecule has 0 fully saturated rings. The molecule has 1 atom stereocenters. The molecule has 2 aromatic heterocycles. The Hall–Kier alpha value is -1.82. The van der Waals surface area contributed by atoms with Crippen LogP contribution in [0.25, 0.3) is 16.3 Å². The molecule has 0 radical (unpaired) electrons. The van der Waals surface area contributed by atoms with Gasteiger partial charge in [-0.3, -0.25) is 4.79 Å². The molecule has 1 N–H and O–H groups in total. The van der Waals surface area contributed by atoms with E-state index in [-0.39, 0.29) is 11.9 Å². The lowest BCUT2D eigenvalue weighted by molar-refractivity contribution is 0.0922. The number of hydrogen-bond acceptors (Lipinski definition) is 3. The van der Waals surface area contributed by atoms with Crippen molar-refractivity contribution in [3.63, 3.8) is 0 Å². The number of halogens is 2. The molecule has 1 unspecified atom stereocenters. The molecule has 0 bridgehead atoms. The molecule has 2 heterocycles. The van der Waals surface area contributed by atoms with Crippen LogP contribution in [0.1, 0.15) is 31.3 Å². The Morgan fingerprint density at radius 2 is 1.92 bits per heavy atom. The smallest absolute Gasteiger partial charge is 0.270 e. The maximum absolute atomic E-state index is 12.9. The molecule has 0 aliphatic rings. The number of benzene rings is 1. The number of nitrogens with zero attached hydrogens (tertiary/aromatic N) is 2. The largest absolute Gasteiger partial charge is 0.348 e. The number of amides is 1. The van der Waals surface area contributed by atoms with Crippen LogP contribution < -0.4 is 5.32 Å². The van der Waals surface area contributed by atoms with Crippen molar-refractivity contribution < 1.29 is 4.79 Å². The Bertz CT molecular complexity index is 919. The first kappa shape index (κ1) is 19.0. The van der Waals surface area contributed by atoms with Crippen molar-refractivity contribution in [1.82, 2.24) is 15.1 Å². The first-order valence-corrected chi connectivity index (χ1v) is 9.90. The molecule has 0 spiro atoms. The van der Waals surface area contributed by atoms with E-state index in [0.717, 1.165) is 10.6 Å². The molecule has 4 nitrogen and oxygen atoms in total. The van der Waals surface area contributed by atoms with Gasteiger partial charge in [-0.2, -0.15) is 5.10 Å². The van der Waals surface area contributed by atoms with E-state index in [1.165, 1.54) is 0 Å². The van der Waals surface area contributed by atoms with Gasteiger partial charge in [0.2, 0.25) is 0 Å². The highest BCUT2D eigenvalue weighted by Crippen LogP contribution is 2.28. The molecule has 0 saturated carbocycles. The van der Waals surface area contributed by atoms with Crippen LogP contribution in [0.5, 0.6) is 0 Å². The van der Waals surface area contributed by atoms with E-state index in [0.29, 0.717) is 27.3 Å². The van der Waals surface area contributed by atoms with Gasteiger partial charge in [0.05, 0.1) is 20.6 Å². The van der Waals surface area contributed by atoms with Crippen LogP contribution in [-0.2, 0) is 0 Å². The lowest BCUT2D eigenvalue weighted by Crippen LogP contribution is -2.37. The van der Waals surface area contributed by atoms with Crippen LogP contribution in [0.4, 0.5) is 0 Å². The molecule has 0 saturated heterocycles. The fourth-order valence-corrected chi connectivity index (χ4v) is 3.32. The summed E-state index contributed by atoms with van der Waals surface area (Å²) in [4.78, 5) is 13.9. The van der Waals surface area contributed by atoms with Crippen LogP contribution in [0.2, 0.25) is 10.0 Å². The second-order valence-electron chi connectivity index (χ2n) is 6.41. The van der Waals surface area contributed by atoms with Gasteiger partial charge in [0.25, 0.3) is 5.91 Å². The van der Waals surface area contributed by atoms with Gasteiger partial charge in [0, 0.05) is 6.04 Å². The van der Waals surface area contributed by atoms with E-state index in [1.807, 2.05) is 24.4 Å². The van der Waals surface area contributed by atoms with Gasteiger partial charge in [0.1, 0.15) is 11.4 Å². The first-order chi connectivity index (χ1) is 12.4. The summed E-state index contributed by atoms with van der Waals surface area (Å²) in [6.45, 7) is 6.12. The number of rotatable bonds is 5. The minimum atomic E-state index is -0.174. The maximum atomic E-state index is 12.9. The zero-order valence-corrected chi connectivity index (χ0v) is 17.0. The van der Waals surface area contributed by atoms with Crippen molar-refractivity contribution in [3.8, 4) is 16.3 Å². The summed E-state index contributed by atoms with van der Waals surface area (Å²) in [6.07, 6.45) is 0. The molecule has 136 valence electrons. The Morgan fingerprint density at radius 3 is 2.54 bits per heavy atom. The van der Waals surface area contributed by atoms with Crippen molar-refractivity contribution in [3.05, 3.63) is 57.5 Å². The summed E-state index contributed by atoms with van der Waals surface area (Å²) in [6, 6.07) is 11.0. The number of aromatic nitrogens is 2. The van der Waals surface area contributed by atoms with Crippen LogP contribution in [0.15, 0.2) is 41.8 Å². The Labute approximate surface area is 166 Å². The fourth-order valence-electron chi connectivity index (χ4n) is 2.35. The van der Waals surface area contributed by atoms with Gasteiger partial charge >= 0.3 is 0 Å². The van der Waals surface area contributed by atoms with Crippen molar-refractivity contribution >= 4 is 40.4 Å². The molecule has 1 amide bonds. The minimum Gasteiger partial charge on any atom is -0.348 e. The molecule has 3 rings (SSSR count). The zero-order chi connectivity index (χ0) is 18.8. The highest BCUT2D eigenvalue weighted by molar-refractivity contribution is 7.13. The van der Waals surface area contributed by atoms with E-state index >= 15 is 0 Å². The lowest BCUT2D eigenvalue weighted by atomic mass is 10.1. The SMILES string of the molecule is CC(C)C(C)NC(=O)c1cc(-c2cccs2)nn1-c1ccc(Cl)c(Cl)c1. The topological polar surface area (TPSA) is 46.9 Å². The van der Waals surface area contributed by atoms with Crippen molar-refractivity contribution in [2.75, 3.05) is 0 Å². The van der Waals surface area contributed by atoms with Gasteiger partial charge < -0.3 is 5.32 Å². The monoisotopic (exact) mass is 407 g/mol. The van der Waals surface area contributed by atoms with E-state index in [4.69, 9.17) is 23.2 Å². The number of hydrogen-bond donors (Lipinski definition) is 1. The van der Waals surface area contributed by atoms with Gasteiger partial charge in [0.15, 0.2) is 0 Å². The summed E-state index contributed by atoms with van der Waals surface area (Å²) >= 11 is 13.8. The molecular weight excluding hydrogens is 389 g/mol. The third-order valence-corrected chi connectivity index (χ3v) is 5.85. The quantitative estimate of drug-likeness (QED) is 0.590. The summed E-state index contributed by atoms with van der Waals surface area (Å²) in [5.74, 6) is 0.157. The molecular formula is C19H19Cl2N3OS. The molecule has 26 heavy (non-hydrogen) atoms. The van der Waals surface area contributed by atoms with E-state index < -0.39 is 0 Å². The second-order valence-corrected chi connectivity index (χ2v) is 8.17. The van der Waals surface area contributed by atoms with Crippen LogP contribution in [0, 0.1) is 5.92 Å². The molecule has 0 aliphatic heterocycles. The minimum absolute atomic E-state index is 0.0462. The van der Waals surface area contributed by atoms with Gasteiger partial charge in [-0.05, 0) is 48.6 Å². The van der Waals surface area contributed by atoms with Crippen LogP contribution in [0.3, 0.4) is 0 Å². The van der Waals surface area contributed by atoms with Crippen LogP contribution >= 0.6 is 34.5 Å². The van der Waals surface area contributed by atoms with Gasteiger partial charge in [-0.1, -0.05) is 43.1 Å². The highest BCUT2D eigenvalue weighted by atomic mass is 35.5. The fraction of sp³-hybridized carbons (Fsp3) is 0.263. The van der Waals surface area contributed by atoms with Gasteiger partial charge in [-0.25, -0.2) is 4.68 Å². The van der Waals surface area contributed by atoms with E-state index in [2.05, 4.69) is 24.3 Å². The highest BCUT2D eigenvalue weighted by Gasteiger charge is 2.20. The summed E-state index contributed by atoms with van der Waals surface area (Å²) in [5.41, 5.74) is 1.89. The van der Waals surface area contributed by atoms with Crippen molar-refractivity contribution in [2.45, 2.75) is 26.8 Å². The normalized spacial score (nSPS) is 12.4. The van der Waals surface area contributed by atoms with Crippen LogP contribution in [-0.4, -0.2) is 21.7 Å². The maximum Gasteiger partial charge on any atom is 0.270 e. The standard InChI is InChI=1S/C19H19Cl2N3OS/c1-11(2)12(3)22-19(25)17-10-16(18-5-4-8-26-18)23-24(17)13-6-7-14(20)15(21)9-13/h4-12H,1-3H3,(H,22,25). The Kier molecular flexibility index (Phi) is 5.70. The third kappa shape index (κ3) is 3.95. The predicted octanol–water partition coefficient (Wildman–Crippen LogP) is 5.68. The van der Waals surface area contributed by atoms with E-state index in [1.54, 1.807) is 40.3 Å². The number of thiophene rings is 1. The van der Waals surface area contributed by atoms with Gasteiger partial charge in [-0.15, -0.1) is 11.3 Å². The number of carbonyl (C=O) groups is 1. The average molecular weight is 408 g/mol. The molecule has 1 aromatic carbocycles. The average Bonchev–Trinajstić information content (AvgIpc) is 3.26. The molecule has 3 aromatic rings. The Morgan fingerprint density at radius 1 is 1.15 bits per heavy atom. The first-order valence-electron chi connectivity index (χ1n) is 8.27. The van der Waals surface area contributed by atoms with Crippen molar-refractivity contribution in [1.29, 1.82) is 0 Å². The lowest BCUT2D eigenvalue weighted by Gasteiger charge is -2.17. The molecule has 7 heteroatoms. The van der Waals surface area contributed by atoms with Crippen molar-refractivity contribution in [2.24, 2.45) is 5.92 Å². The summed E-state index contributed by atoms with van der Waals surface area (Å²) in [7, 11) is 0. The zero-order valence-electron chi connectivity index (χ0n) is 14.7. The Balaban J connectivity index is 2.06. The summed E-state index contributed by atoms with van der Waals surface area (Å²) in [5, 5.41) is 10.5. The predicted molar refractivity (Wildman–Crippen MR) is 109 cm³/mol. The number of nitrogens with one attached hydrogen (secondary N) is 1. The third-order valence-electron chi connectivity index (χ3n) is 4.22. The molecule has 0 aliphatic carbocycles. The number of carbonyl (C=O) groups excluding carboxylic acids is 1. The summed E-state index contributed by atoms with van der Waals surface area (Å²) < 4.78 is 1.61. The second kappa shape index (κ2) is 7.82.